The van der Waals surface area contributed by atoms with Gasteiger partial charge < -0.3 is 24.0 Å². The fourth-order valence-corrected chi connectivity index (χ4v) is 5.25. The Kier molecular flexibility index (Phi) is 6.21. The van der Waals surface area contributed by atoms with Crippen LogP contribution in [-0.2, 0) is 0 Å². The number of hydrogen-bond acceptors (Lipinski definition) is 8. The number of methoxy groups -OCH3 is 3. The number of hydrogen-bond donors (Lipinski definition) is 0. The molecule has 9 nitrogen and oxygen atoms in total. The number of amides is 1. The van der Waals surface area contributed by atoms with Gasteiger partial charge in [0, 0.05) is 31.7 Å². The maximum Gasteiger partial charge on any atom is 0.254 e. The molecule has 0 unspecified atom stereocenters. The molecule has 5 rings (SSSR count). The second kappa shape index (κ2) is 9.46. The standard InChI is InChI=1S/C25H27N5O4S/c1-16-22-23(30(27-16)18-6-8-19(32-2)9-7-18)26-25(35-22)29-13-11-28(12-14-29)24(31)17-5-10-20(33-3)21(15-17)34-4/h5-10,15H,11-14H2,1-4H3. The van der Waals surface area contributed by atoms with E-state index < -0.39 is 0 Å². The van der Waals surface area contributed by atoms with Gasteiger partial charge in [0.25, 0.3) is 5.91 Å². The van der Waals surface area contributed by atoms with E-state index in [1.807, 2.05) is 40.8 Å². The zero-order chi connectivity index (χ0) is 24.5. The minimum absolute atomic E-state index is 0.0131. The first kappa shape index (κ1) is 23.0. The Morgan fingerprint density at radius 1 is 0.914 bits per heavy atom. The molecule has 3 heterocycles. The van der Waals surface area contributed by atoms with Crippen molar-refractivity contribution in [2.75, 3.05) is 52.4 Å². The lowest BCUT2D eigenvalue weighted by Crippen LogP contribution is -2.48. The fourth-order valence-electron chi connectivity index (χ4n) is 4.21. The number of piperazine rings is 1. The number of fused-ring (bicyclic) bond motifs is 1. The van der Waals surface area contributed by atoms with Gasteiger partial charge in [-0.05, 0) is 49.4 Å². The molecule has 0 radical (unpaired) electrons. The van der Waals surface area contributed by atoms with Gasteiger partial charge in [-0.3, -0.25) is 4.79 Å². The number of rotatable bonds is 6. The van der Waals surface area contributed by atoms with Crippen molar-refractivity contribution in [1.29, 1.82) is 0 Å². The molecule has 182 valence electrons. The van der Waals surface area contributed by atoms with Crippen molar-refractivity contribution in [3.05, 3.63) is 53.7 Å². The van der Waals surface area contributed by atoms with Gasteiger partial charge in [0.15, 0.2) is 22.3 Å². The van der Waals surface area contributed by atoms with Gasteiger partial charge in [0.1, 0.15) is 5.75 Å². The first-order chi connectivity index (χ1) is 17.0. The van der Waals surface area contributed by atoms with E-state index in [4.69, 9.17) is 24.3 Å². The zero-order valence-electron chi connectivity index (χ0n) is 20.1. The molecule has 0 atom stereocenters. The number of carbonyl (C=O) groups is 1. The van der Waals surface area contributed by atoms with E-state index in [1.165, 1.54) is 0 Å². The van der Waals surface area contributed by atoms with E-state index in [0.29, 0.717) is 43.2 Å². The highest BCUT2D eigenvalue weighted by atomic mass is 32.1. The highest BCUT2D eigenvalue weighted by molar-refractivity contribution is 7.22. The van der Waals surface area contributed by atoms with Crippen molar-refractivity contribution in [1.82, 2.24) is 19.7 Å². The molecule has 0 N–H and O–H groups in total. The van der Waals surface area contributed by atoms with Crippen LogP contribution in [0.3, 0.4) is 0 Å². The molecule has 1 aliphatic rings. The Morgan fingerprint density at radius 3 is 2.29 bits per heavy atom. The molecule has 0 bridgehead atoms. The molecule has 10 heteroatoms. The molecule has 1 saturated heterocycles. The van der Waals surface area contributed by atoms with Gasteiger partial charge in [-0.2, -0.15) is 10.1 Å². The van der Waals surface area contributed by atoms with Crippen LogP contribution in [0.1, 0.15) is 16.1 Å². The molecular formula is C25H27N5O4S. The number of nitrogens with zero attached hydrogens (tertiary/aromatic N) is 5. The summed E-state index contributed by atoms with van der Waals surface area (Å²) in [7, 11) is 4.80. The molecule has 4 aromatic rings. The van der Waals surface area contributed by atoms with Gasteiger partial charge in [-0.15, -0.1) is 0 Å². The maximum absolute atomic E-state index is 13.1. The first-order valence-electron chi connectivity index (χ1n) is 11.3. The second-order valence-corrected chi connectivity index (χ2v) is 9.17. The third kappa shape index (κ3) is 4.25. The molecule has 0 spiro atoms. The largest absolute Gasteiger partial charge is 0.497 e. The van der Waals surface area contributed by atoms with Crippen molar-refractivity contribution in [3.63, 3.8) is 0 Å². The summed E-state index contributed by atoms with van der Waals surface area (Å²) in [5, 5.41) is 5.64. The lowest BCUT2D eigenvalue weighted by molar-refractivity contribution is 0.0746. The number of ether oxygens (including phenoxy) is 3. The van der Waals surface area contributed by atoms with Crippen LogP contribution in [0.5, 0.6) is 17.2 Å². The molecule has 1 aliphatic heterocycles. The van der Waals surface area contributed by atoms with Crippen LogP contribution in [0.2, 0.25) is 0 Å². The van der Waals surface area contributed by atoms with Crippen molar-refractivity contribution < 1.29 is 19.0 Å². The van der Waals surface area contributed by atoms with E-state index in [9.17, 15) is 4.79 Å². The third-order valence-electron chi connectivity index (χ3n) is 6.16. The van der Waals surface area contributed by atoms with Crippen molar-refractivity contribution in [3.8, 4) is 22.9 Å². The number of carbonyl (C=O) groups excluding carboxylic acids is 1. The van der Waals surface area contributed by atoms with Crippen LogP contribution in [-0.4, -0.2) is 73.1 Å². The molecule has 1 fully saturated rings. The highest BCUT2D eigenvalue weighted by Gasteiger charge is 2.26. The fraction of sp³-hybridized carbons (Fsp3) is 0.320. The second-order valence-electron chi connectivity index (χ2n) is 8.19. The van der Waals surface area contributed by atoms with Crippen LogP contribution in [0, 0.1) is 6.92 Å². The van der Waals surface area contributed by atoms with Crippen molar-refractivity contribution in [2.45, 2.75) is 6.92 Å². The quantitative estimate of drug-likeness (QED) is 0.404. The SMILES string of the molecule is COc1ccc(-n2nc(C)c3sc(N4CCN(C(=O)c5ccc(OC)c(OC)c5)CC4)nc32)cc1. The van der Waals surface area contributed by atoms with Crippen LogP contribution in [0.15, 0.2) is 42.5 Å². The lowest BCUT2D eigenvalue weighted by Gasteiger charge is -2.34. The summed E-state index contributed by atoms with van der Waals surface area (Å²) in [4.78, 5) is 22.1. The summed E-state index contributed by atoms with van der Waals surface area (Å²) in [5.74, 6) is 1.94. The normalized spacial score (nSPS) is 13.8. The Hall–Kier alpha value is -3.79. The molecule has 1 amide bonds. The van der Waals surface area contributed by atoms with Gasteiger partial charge in [-0.25, -0.2) is 4.68 Å². The number of aromatic nitrogens is 3. The summed E-state index contributed by atoms with van der Waals surface area (Å²) < 4.78 is 18.8. The summed E-state index contributed by atoms with van der Waals surface area (Å²) in [6.45, 7) is 4.66. The van der Waals surface area contributed by atoms with E-state index in [2.05, 4.69) is 4.90 Å². The Bertz CT molecular complexity index is 1360. The minimum Gasteiger partial charge on any atom is -0.497 e. The summed E-state index contributed by atoms with van der Waals surface area (Å²) in [6, 6.07) is 13.1. The van der Waals surface area contributed by atoms with Crippen LogP contribution >= 0.6 is 11.3 Å². The van der Waals surface area contributed by atoms with Crippen LogP contribution < -0.4 is 19.1 Å². The maximum atomic E-state index is 13.1. The Balaban J connectivity index is 1.31. The molecular weight excluding hydrogens is 466 g/mol. The van der Waals surface area contributed by atoms with Gasteiger partial charge in [0.05, 0.1) is 37.4 Å². The molecule has 2 aromatic carbocycles. The number of thiazole rings is 1. The lowest BCUT2D eigenvalue weighted by atomic mass is 10.1. The van der Waals surface area contributed by atoms with Crippen molar-refractivity contribution in [2.24, 2.45) is 0 Å². The van der Waals surface area contributed by atoms with Gasteiger partial charge in [0.2, 0.25) is 0 Å². The smallest absolute Gasteiger partial charge is 0.254 e. The Labute approximate surface area is 207 Å². The van der Waals surface area contributed by atoms with E-state index >= 15 is 0 Å². The number of benzene rings is 2. The third-order valence-corrected chi connectivity index (χ3v) is 7.38. The summed E-state index contributed by atoms with van der Waals surface area (Å²) in [5.41, 5.74) is 3.32. The topological polar surface area (TPSA) is 82.0 Å². The average Bonchev–Trinajstić information content (AvgIpc) is 3.48. The zero-order valence-corrected chi connectivity index (χ0v) is 21.0. The molecule has 35 heavy (non-hydrogen) atoms. The first-order valence-corrected chi connectivity index (χ1v) is 12.1. The monoisotopic (exact) mass is 493 g/mol. The average molecular weight is 494 g/mol. The number of anilines is 1. The van der Waals surface area contributed by atoms with Gasteiger partial charge >= 0.3 is 0 Å². The molecule has 0 aliphatic carbocycles. The van der Waals surface area contributed by atoms with Crippen LogP contribution in [0.4, 0.5) is 5.13 Å². The highest BCUT2D eigenvalue weighted by Crippen LogP contribution is 2.33. The minimum atomic E-state index is -0.0131. The van der Waals surface area contributed by atoms with Crippen LogP contribution in [0.25, 0.3) is 16.0 Å². The van der Waals surface area contributed by atoms with Gasteiger partial charge in [-0.1, -0.05) is 11.3 Å². The predicted octanol–water partition coefficient (Wildman–Crippen LogP) is 3.78. The van der Waals surface area contributed by atoms with E-state index in [1.54, 1.807) is 50.9 Å². The summed E-state index contributed by atoms with van der Waals surface area (Å²) >= 11 is 1.64. The van der Waals surface area contributed by atoms with E-state index in [-0.39, 0.29) is 5.91 Å². The van der Waals surface area contributed by atoms with E-state index in [0.717, 1.165) is 32.6 Å². The molecule has 2 aromatic heterocycles. The molecule has 0 saturated carbocycles. The Morgan fingerprint density at radius 2 is 1.63 bits per heavy atom. The number of aryl methyl sites for hydroxylation is 1. The van der Waals surface area contributed by atoms with Crippen molar-refractivity contribution >= 4 is 32.7 Å². The summed E-state index contributed by atoms with van der Waals surface area (Å²) in [6.07, 6.45) is 0. The predicted molar refractivity (Wildman–Crippen MR) is 136 cm³/mol.